The Bertz CT molecular complexity index is 388. The SMILES string of the molecule is CCCCc1nn(C(C)CC)c(C(C)(C)C)c1O. The van der Waals surface area contributed by atoms with E-state index in [0.29, 0.717) is 11.8 Å². The van der Waals surface area contributed by atoms with E-state index in [1.165, 1.54) is 0 Å². The number of unbranched alkanes of at least 4 members (excludes halogenated alkanes) is 1. The lowest BCUT2D eigenvalue weighted by molar-refractivity contribution is 0.392. The number of hydrogen-bond donors (Lipinski definition) is 1. The van der Waals surface area contributed by atoms with Crippen molar-refractivity contribution >= 4 is 0 Å². The molecular weight excluding hydrogens is 224 g/mol. The minimum Gasteiger partial charge on any atom is -0.504 e. The molecule has 0 saturated heterocycles. The Morgan fingerprint density at radius 2 is 1.89 bits per heavy atom. The maximum Gasteiger partial charge on any atom is 0.160 e. The predicted octanol–water partition coefficient (Wildman–Crippen LogP) is 4.20. The molecule has 0 amide bonds. The lowest BCUT2D eigenvalue weighted by Crippen LogP contribution is -2.20. The molecule has 1 unspecified atom stereocenters. The van der Waals surface area contributed by atoms with Gasteiger partial charge in [0, 0.05) is 11.5 Å². The molecule has 18 heavy (non-hydrogen) atoms. The summed E-state index contributed by atoms with van der Waals surface area (Å²) in [5, 5.41) is 15.1. The summed E-state index contributed by atoms with van der Waals surface area (Å²) in [6, 6.07) is 0.334. The zero-order valence-corrected chi connectivity index (χ0v) is 12.7. The second kappa shape index (κ2) is 5.77. The van der Waals surface area contributed by atoms with Crippen LogP contribution in [0.4, 0.5) is 0 Å². The summed E-state index contributed by atoms with van der Waals surface area (Å²) in [6.07, 6.45) is 4.10. The third-order valence-electron chi connectivity index (χ3n) is 3.44. The van der Waals surface area contributed by atoms with Crippen molar-refractivity contribution in [2.24, 2.45) is 0 Å². The fraction of sp³-hybridized carbons (Fsp3) is 0.800. The molecule has 0 aliphatic rings. The summed E-state index contributed by atoms with van der Waals surface area (Å²) in [7, 11) is 0. The molecule has 0 spiro atoms. The van der Waals surface area contributed by atoms with Gasteiger partial charge in [0.1, 0.15) is 5.69 Å². The molecule has 0 aromatic carbocycles. The first-order valence-electron chi connectivity index (χ1n) is 7.13. The Morgan fingerprint density at radius 3 is 2.33 bits per heavy atom. The predicted molar refractivity (Wildman–Crippen MR) is 76.2 cm³/mol. The van der Waals surface area contributed by atoms with Crippen molar-refractivity contribution in [1.82, 2.24) is 9.78 Å². The van der Waals surface area contributed by atoms with E-state index >= 15 is 0 Å². The van der Waals surface area contributed by atoms with Crippen LogP contribution in [0, 0.1) is 0 Å². The number of hydrogen-bond acceptors (Lipinski definition) is 2. The first-order chi connectivity index (χ1) is 8.32. The lowest BCUT2D eigenvalue weighted by Gasteiger charge is -2.23. The molecule has 0 fully saturated rings. The average molecular weight is 252 g/mol. The summed E-state index contributed by atoms with van der Waals surface area (Å²) in [5.74, 6) is 0.413. The molecule has 0 radical (unpaired) electrons. The molecule has 1 aromatic heterocycles. The minimum absolute atomic E-state index is 0.0784. The molecule has 1 aromatic rings. The highest BCUT2D eigenvalue weighted by atomic mass is 16.3. The number of aromatic nitrogens is 2. The van der Waals surface area contributed by atoms with Crippen molar-refractivity contribution < 1.29 is 5.11 Å². The minimum atomic E-state index is -0.0784. The standard InChI is InChI=1S/C15H28N2O/c1-7-9-10-12-13(18)14(15(4,5)6)17(16-12)11(3)8-2/h11,18H,7-10H2,1-6H3. The maximum atomic E-state index is 10.4. The summed E-state index contributed by atoms with van der Waals surface area (Å²) in [4.78, 5) is 0. The van der Waals surface area contributed by atoms with Crippen molar-refractivity contribution in [3.63, 3.8) is 0 Å². The highest BCUT2D eigenvalue weighted by molar-refractivity contribution is 5.37. The highest BCUT2D eigenvalue weighted by Crippen LogP contribution is 2.36. The summed E-state index contributed by atoms with van der Waals surface area (Å²) in [5.41, 5.74) is 1.76. The second-order valence-electron chi connectivity index (χ2n) is 6.20. The van der Waals surface area contributed by atoms with Gasteiger partial charge in [-0.25, -0.2) is 0 Å². The Kier molecular flexibility index (Phi) is 4.83. The van der Waals surface area contributed by atoms with Crippen molar-refractivity contribution in [2.75, 3.05) is 0 Å². The van der Waals surface area contributed by atoms with Crippen LogP contribution in [0.1, 0.15) is 78.2 Å². The molecule has 0 aliphatic carbocycles. The Hall–Kier alpha value is -0.990. The van der Waals surface area contributed by atoms with Crippen molar-refractivity contribution in [1.29, 1.82) is 0 Å². The topological polar surface area (TPSA) is 38.0 Å². The molecule has 0 bridgehead atoms. The molecule has 1 atom stereocenters. The van der Waals surface area contributed by atoms with Crippen LogP contribution < -0.4 is 0 Å². The van der Waals surface area contributed by atoms with Gasteiger partial charge < -0.3 is 5.11 Å². The van der Waals surface area contributed by atoms with E-state index in [9.17, 15) is 5.11 Å². The number of rotatable bonds is 5. The first-order valence-corrected chi connectivity index (χ1v) is 7.13. The third kappa shape index (κ3) is 3.06. The summed E-state index contributed by atoms with van der Waals surface area (Å²) >= 11 is 0. The Morgan fingerprint density at radius 1 is 1.28 bits per heavy atom. The summed E-state index contributed by atoms with van der Waals surface area (Å²) < 4.78 is 2.03. The third-order valence-corrected chi connectivity index (χ3v) is 3.44. The van der Waals surface area contributed by atoms with Crippen LogP contribution >= 0.6 is 0 Å². The lowest BCUT2D eigenvalue weighted by atomic mass is 9.90. The second-order valence-corrected chi connectivity index (χ2v) is 6.20. The zero-order chi connectivity index (χ0) is 13.9. The molecule has 0 saturated carbocycles. The Labute approximate surface area is 111 Å². The van der Waals surface area contributed by atoms with Crippen molar-refractivity contribution in [3.05, 3.63) is 11.4 Å². The van der Waals surface area contributed by atoms with E-state index in [2.05, 4.69) is 46.6 Å². The molecule has 0 aliphatic heterocycles. The van der Waals surface area contributed by atoms with E-state index in [4.69, 9.17) is 0 Å². The fourth-order valence-electron chi connectivity index (χ4n) is 2.18. The van der Waals surface area contributed by atoms with Crippen LogP contribution in [0.5, 0.6) is 5.75 Å². The number of nitrogens with zero attached hydrogens (tertiary/aromatic N) is 2. The fourth-order valence-corrected chi connectivity index (χ4v) is 2.18. The van der Waals surface area contributed by atoms with Crippen LogP contribution in [0.15, 0.2) is 0 Å². The van der Waals surface area contributed by atoms with Gasteiger partial charge in [0.15, 0.2) is 5.75 Å². The van der Waals surface area contributed by atoms with Gasteiger partial charge in [0.25, 0.3) is 0 Å². The van der Waals surface area contributed by atoms with E-state index in [0.717, 1.165) is 37.1 Å². The van der Waals surface area contributed by atoms with Crippen LogP contribution in [0.3, 0.4) is 0 Å². The smallest absolute Gasteiger partial charge is 0.160 e. The van der Waals surface area contributed by atoms with Crippen molar-refractivity contribution in [2.45, 2.75) is 78.7 Å². The van der Waals surface area contributed by atoms with Crippen molar-refractivity contribution in [3.8, 4) is 5.75 Å². The maximum absolute atomic E-state index is 10.4. The molecule has 1 rings (SSSR count). The number of aryl methyl sites for hydroxylation is 1. The highest BCUT2D eigenvalue weighted by Gasteiger charge is 2.28. The number of aromatic hydroxyl groups is 1. The van der Waals surface area contributed by atoms with Crippen LogP contribution in [-0.2, 0) is 11.8 Å². The van der Waals surface area contributed by atoms with Gasteiger partial charge >= 0.3 is 0 Å². The Balaban J connectivity index is 3.23. The van der Waals surface area contributed by atoms with Gasteiger partial charge in [-0.3, -0.25) is 4.68 Å². The van der Waals surface area contributed by atoms with Crippen LogP contribution in [-0.4, -0.2) is 14.9 Å². The van der Waals surface area contributed by atoms with E-state index < -0.39 is 0 Å². The first kappa shape index (κ1) is 15.1. The molecule has 1 N–H and O–H groups in total. The zero-order valence-electron chi connectivity index (χ0n) is 12.7. The van der Waals surface area contributed by atoms with Gasteiger partial charge in [0.05, 0.1) is 5.69 Å². The largest absolute Gasteiger partial charge is 0.504 e. The van der Waals surface area contributed by atoms with Gasteiger partial charge in [-0.05, 0) is 26.2 Å². The average Bonchev–Trinajstić information content (AvgIpc) is 2.62. The molecular formula is C15H28N2O. The monoisotopic (exact) mass is 252 g/mol. The molecule has 3 heteroatoms. The normalized spacial score (nSPS) is 13.9. The van der Waals surface area contributed by atoms with Crippen LogP contribution in [0.25, 0.3) is 0 Å². The molecule has 1 heterocycles. The quantitative estimate of drug-likeness (QED) is 0.853. The molecule has 104 valence electrons. The summed E-state index contributed by atoms with van der Waals surface area (Å²) in [6.45, 7) is 12.9. The van der Waals surface area contributed by atoms with E-state index in [1.807, 2.05) is 4.68 Å². The van der Waals surface area contributed by atoms with Gasteiger partial charge in [-0.2, -0.15) is 5.10 Å². The molecule has 3 nitrogen and oxygen atoms in total. The van der Waals surface area contributed by atoms with Gasteiger partial charge in [-0.15, -0.1) is 0 Å². The van der Waals surface area contributed by atoms with E-state index in [1.54, 1.807) is 0 Å². The van der Waals surface area contributed by atoms with E-state index in [-0.39, 0.29) is 5.41 Å². The van der Waals surface area contributed by atoms with Crippen LogP contribution in [0.2, 0.25) is 0 Å². The van der Waals surface area contributed by atoms with Gasteiger partial charge in [0.2, 0.25) is 0 Å². The van der Waals surface area contributed by atoms with Gasteiger partial charge in [-0.1, -0.05) is 41.0 Å².